The Bertz CT molecular complexity index is 1040. The van der Waals surface area contributed by atoms with Crippen molar-refractivity contribution in [3.8, 4) is 0 Å². The van der Waals surface area contributed by atoms with Gasteiger partial charge in [-0.15, -0.1) is 0 Å². The monoisotopic (exact) mass is 429 g/mol. The zero-order valence-corrected chi connectivity index (χ0v) is 15.2. The third kappa shape index (κ3) is 4.44. The fourth-order valence-corrected chi connectivity index (χ4v) is 2.78. The van der Waals surface area contributed by atoms with Crippen molar-refractivity contribution in [3.63, 3.8) is 0 Å². The van der Waals surface area contributed by atoms with Crippen molar-refractivity contribution >= 4 is 5.91 Å². The highest BCUT2D eigenvalue weighted by atomic mass is 19.4. The van der Waals surface area contributed by atoms with Crippen molar-refractivity contribution in [2.24, 2.45) is 0 Å². The molecule has 0 aliphatic carbocycles. The van der Waals surface area contributed by atoms with Crippen molar-refractivity contribution in [2.45, 2.75) is 25.3 Å². The largest absolute Gasteiger partial charge is 0.438 e. The number of benzene rings is 1. The molecule has 0 bridgehead atoms. The maximum absolute atomic E-state index is 13.5. The molecule has 0 radical (unpaired) electrons. The normalized spacial score (nSPS) is 13.2. The second-order valence-electron chi connectivity index (χ2n) is 6.23. The summed E-state index contributed by atoms with van der Waals surface area (Å²) in [7, 11) is 0. The highest BCUT2D eigenvalue weighted by Crippen LogP contribution is 2.36. The van der Waals surface area contributed by atoms with Gasteiger partial charge in [-0.3, -0.25) is 9.78 Å². The maximum Gasteiger partial charge on any atom is 0.418 e. The smallest absolute Gasteiger partial charge is 0.418 e. The predicted octanol–water partition coefficient (Wildman–Crippen LogP) is 4.94. The molecule has 11 heteroatoms. The molecule has 1 N–H and O–H groups in total. The highest BCUT2D eigenvalue weighted by molar-refractivity contribution is 5.92. The Morgan fingerprint density at radius 3 is 2.20 bits per heavy atom. The van der Waals surface area contributed by atoms with Crippen LogP contribution >= 0.6 is 0 Å². The van der Waals surface area contributed by atoms with E-state index in [1.165, 1.54) is 6.92 Å². The summed E-state index contributed by atoms with van der Waals surface area (Å²) >= 11 is 0. The van der Waals surface area contributed by atoms with Crippen molar-refractivity contribution in [1.82, 2.24) is 15.3 Å². The number of nitrogens with one attached hydrogen (secondary N) is 1. The van der Waals surface area contributed by atoms with Crippen molar-refractivity contribution in [1.29, 1.82) is 0 Å². The Labute approximate surface area is 165 Å². The molecule has 0 aliphatic heterocycles. The van der Waals surface area contributed by atoms with E-state index in [2.05, 4.69) is 15.3 Å². The van der Waals surface area contributed by atoms with Gasteiger partial charge in [0.2, 0.25) is 5.76 Å². The van der Waals surface area contributed by atoms with Crippen LogP contribution in [0.4, 0.5) is 26.3 Å². The van der Waals surface area contributed by atoms with Gasteiger partial charge in [-0.05, 0) is 36.8 Å². The van der Waals surface area contributed by atoms with Crippen LogP contribution in [-0.2, 0) is 12.4 Å². The summed E-state index contributed by atoms with van der Waals surface area (Å²) in [6.07, 6.45) is -7.36. The molecule has 30 heavy (non-hydrogen) atoms. The minimum absolute atomic E-state index is 0.0299. The molecule has 1 amide bonds. The van der Waals surface area contributed by atoms with Crippen LogP contribution in [0.15, 0.2) is 53.4 Å². The minimum atomic E-state index is -4.80. The molecular weight excluding hydrogens is 416 g/mol. The van der Waals surface area contributed by atoms with Crippen molar-refractivity contribution < 1.29 is 35.6 Å². The van der Waals surface area contributed by atoms with Crippen molar-refractivity contribution in [2.75, 3.05) is 0 Å². The number of aromatic nitrogens is 2. The van der Waals surface area contributed by atoms with E-state index >= 15 is 0 Å². The molecule has 0 aliphatic rings. The summed E-state index contributed by atoms with van der Waals surface area (Å²) in [6.45, 7) is 1.45. The van der Waals surface area contributed by atoms with Gasteiger partial charge in [-0.1, -0.05) is 12.1 Å². The summed E-state index contributed by atoms with van der Waals surface area (Å²) < 4.78 is 84.0. The summed E-state index contributed by atoms with van der Waals surface area (Å²) in [5.74, 6) is -1.13. The Hall–Kier alpha value is -3.37. The van der Waals surface area contributed by atoms with E-state index in [1.54, 1.807) is 0 Å². The van der Waals surface area contributed by atoms with E-state index in [4.69, 9.17) is 4.42 Å². The van der Waals surface area contributed by atoms with Gasteiger partial charge in [0.1, 0.15) is 0 Å². The van der Waals surface area contributed by atoms with E-state index in [9.17, 15) is 31.1 Å². The van der Waals surface area contributed by atoms with Crippen molar-refractivity contribution in [3.05, 3.63) is 82.8 Å². The Morgan fingerprint density at radius 2 is 1.67 bits per heavy atom. The summed E-state index contributed by atoms with van der Waals surface area (Å²) in [4.78, 5) is 20.0. The van der Waals surface area contributed by atoms with Gasteiger partial charge in [0.25, 0.3) is 5.91 Å². The van der Waals surface area contributed by atoms with E-state index in [1.807, 2.05) is 0 Å². The van der Waals surface area contributed by atoms with Gasteiger partial charge < -0.3 is 9.73 Å². The number of oxazole rings is 1. The van der Waals surface area contributed by atoms with Gasteiger partial charge in [0, 0.05) is 6.20 Å². The Morgan fingerprint density at radius 1 is 1.00 bits per heavy atom. The van der Waals surface area contributed by atoms with Gasteiger partial charge >= 0.3 is 12.4 Å². The Kier molecular flexibility index (Phi) is 5.55. The van der Waals surface area contributed by atoms with Crippen LogP contribution in [0.1, 0.15) is 44.7 Å². The average molecular weight is 429 g/mol. The first-order chi connectivity index (χ1) is 14.0. The SMILES string of the molecule is Cc1ncoc1C(=O)NC(c1ccc(C(F)(F)F)cc1)c1ncccc1C(F)(F)F. The zero-order chi connectivity index (χ0) is 22.1. The molecule has 2 heterocycles. The van der Waals surface area contributed by atoms with E-state index in [0.29, 0.717) is 12.1 Å². The lowest BCUT2D eigenvalue weighted by Gasteiger charge is -2.22. The third-order valence-corrected chi connectivity index (χ3v) is 4.22. The number of carbonyl (C=O) groups excluding carboxylic acids is 1. The van der Waals surface area contributed by atoms with Crippen LogP contribution in [0.3, 0.4) is 0 Å². The van der Waals surface area contributed by atoms with Crippen LogP contribution in [0, 0.1) is 6.92 Å². The first-order valence-electron chi connectivity index (χ1n) is 8.38. The first kappa shape index (κ1) is 21.3. The van der Waals surface area contributed by atoms with Crippen LogP contribution in [0.25, 0.3) is 0 Å². The molecular formula is C19H13F6N3O2. The summed E-state index contributed by atoms with van der Waals surface area (Å²) in [6, 6.07) is 3.73. The molecule has 158 valence electrons. The molecule has 1 aromatic carbocycles. The number of aryl methyl sites for hydroxylation is 1. The molecule has 0 fully saturated rings. The number of alkyl halides is 6. The van der Waals surface area contributed by atoms with Gasteiger partial charge in [0.05, 0.1) is 28.6 Å². The highest BCUT2D eigenvalue weighted by Gasteiger charge is 2.37. The van der Waals surface area contributed by atoms with E-state index < -0.39 is 41.1 Å². The van der Waals surface area contributed by atoms with Crippen LogP contribution in [0.2, 0.25) is 0 Å². The van der Waals surface area contributed by atoms with E-state index in [0.717, 1.165) is 36.9 Å². The number of halogens is 6. The average Bonchev–Trinajstić information content (AvgIpc) is 3.11. The zero-order valence-electron chi connectivity index (χ0n) is 15.2. The number of pyridine rings is 1. The number of hydrogen-bond acceptors (Lipinski definition) is 4. The molecule has 0 spiro atoms. The van der Waals surface area contributed by atoms with Gasteiger partial charge in [-0.25, -0.2) is 4.98 Å². The van der Waals surface area contributed by atoms with Gasteiger partial charge in [0.15, 0.2) is 6.39 Å². The fraction of sp³-hybridized carbons (Fsp3) is 0.211. The Balaban J connectivity index is 2.08. The third-order valence-electron chi connectivity index (χ3n) is 4.22. The summed E-state index contributed by atoms with van der Waals surface area (Å²) in [5.41, 5.74) is -2.53. The lowest BCUT2D eigenvalue weighted by molar-refractivity contribution is -0.139. The molecule has 1 unspecified atom stereocenters. The fourth-order valence-electron chi connectivity index (χ4n) is 2.78. The molecule has 0 saturated heterocycles. The number of rotatable bonds is 4. The standard InChI is InChI=1S/C19H13F6N3O2/c1-10-16(30-9-27-10)17(29)28-14(11-4-6-12(7-5-11)18(20,21)22)15-13(19(23,24)25)3-2-8-26-15/h2-9,14H,1H3,(H,28,29). The molecule has 2 aromatic heterocycles. The second-order valence-corrected chi connectivity index (χ2v) is 6.23. The van der Waals surface area contributed by atoms with Gasteiger partial charge in [-0.2, -0.15) is 26.3 Å². The first-order valence-corrected chi connectivity index (χ1v) is 8.38. The number of carbonyl (C=O) groups is 1. The molecule has 3 rings (SSSR count). The topological polar surface area (TPSA) is 68.0 Å². The maximum atomic E-state index is 13.5. The van der Waals surface area contributed by atoms with Crippen LogP contribution < -0.4 is 5.32 Å². The quantitative estimate of drug-likeness (QED) is 0.597. The number of nitrogens with zero attached hydrogens (tertiary/aromatic N) is 2. The van der Waals surface area contributed by atoms with E-state index in [-0.39, 0.29) is 17.0 Å². The lowest BCUT2D eigenvalue weighted by atomic mass is 9.97. The lowest BCUT2D eigenvalue weighted by Crippen LogP contribution is -2.32. The predicted molar refractivity (Wildman–Crippen MR) is 91.2 cm³/mol. The summed E-state index contributed by atoms with van der Waals surface area (Å²) in [5, 5.41) is 2.35. The second kappa shape index (κ2) is 7.81. The van der Waals surface area contributed by atoms with Crippen LogP contribution in [0.5, 0.6) is 0 Å². The molecule has 1 atom stereocenters. The van der Waals surface area contributed by atoms with Crippen LogP contribution in [-0.4, -0.2) is 15.9 Å². The number of hydrogen-bond donors (Lipinski definition) is 1. The minimum Gasteiger partial charge on any atom is -0.438 e. The molecule has 0 saturated carbocycles. The number of amides is 1. The molecule has 3 aromatic rings. The molecule has 5 nitrogen and oxygen atoms in total.